The Bertz CT molecular complexity index is 1090. The number of carbonyl (C=O) groups excluding carboxylic acids is 2. The fourth-order valence-electron chi connectivity index (χ4n) is 4.21. The van der Waals surface area contributed by atoms with Crippen molar-refractivity contribution in [1.82, 2.24) is 15.1 Å². The number of nitrogens with zero attached hydrogens (tertiary/aromatic N) is 3. The third-order valence-corrected chi connectivity index (χ3v) is 6.10. The minimum atomic E-state index is -0.0397. The number of anilines is 2. The van der Waals surface area contributed by atoms with Crippen LogP contribution in [0.4, 0.5) is 11.5 Å². The molecule has 1 aromatic heterocycles. The Morgan fingerprint density at radius 2 is 1.64 bits per heavy atom. The molecule has 7 nitrogen and oxygen atoms in total. The molecule has 1 saturated heterocycles. The fourth-order valence-corrected chi connectivity index (χ4v) is 4.21. The molecule has 0 unspecified atom stereocenters. The Morgan fingerprint density at radius 3 is 2.27 bits per heavy atom. The van der Waals surface area contributed by atoms with Crippen molar-refractivity contribution in [3.05, 3.63) is 71.9 Å². The first-order chi connectivity index (χ1) is 16.1. The van der Waals surface area contributed by atoms with Gasteiger partial charge in [0.05, 0.1) is 11.4 Å². The SMILES string of the molecule is CCC(=O)Nc1c(C)nn(-c2ccccc2)c1N1CCC(C(=O)NCc2ccccc2)CC1. The number of nitrogens with one attached hydrogen (secondary N) is 2. The van der Waals surface area contributed by atoms with E-state index in [4.69, 9.17) is 5.10 Å². The Kier molecular flexibility index (Phi) is 7.07. The maximum atomic E-state index is 12.8. The molecule has 3 aromatic rings. The second kappa shape index (κ2) is 10.3. The van der Waals surface area contributed by atoms with Crippen LogP contribution >= 0.6 is 0 Å². The minimum absolute atomic E-state index is 0.0205. The summed E-state index contributed by atoms with van der Waals surface area (Å²) in [5, 5.41) is 10.9. The molecule has 2 aromatic carbocycles. The van der Waals surface area contributed by atoms with Gasteiger partial charge in [-0.1, -0.05) is 55.5 Å². The predicted octanol–water partition coefficient (Wildman–Crippen LogP) is 4.06. The third-order valence-electron chi connectivity index (χ3n) is 6.10. The highest BCUT2D eigenvalue weighted by atomic mass is 16.2. The number of hydrogen-bond donors (Lipinski definition) is 2. The van der Waals surface area contributed by atoms with Gasteiger partial charge in [0.15, 0.2) is 5.82 Å². The van der Waals surface area contributed by atoms with Gasteiger partial charge in [-0.25, -0.2) is 4.68 Å². The van der Waals surface area contributed by atoms with Gasteiger partial charge in [0, 0.05) is 32.0 Å². The lowest BCUT2D eigenvalue weighted by atomic mass is 9.95. The van der Waals surface area contributed by atoms with E-state index in [-0.39, 0.29) is 17.7 Å². The second-order valence-electron chi connectivity index (χ2n) is 8.40. The number of para-hydroxylation sites is 1. The van der Waals surface area contributed by atoms with Crippen LogP contribution in [0.25, 0.3) is 5.69 Å². The fraction of sp³-hybridized carbons (Fsp3) is 0.346. The standard InChI is InChI=1S/C26H31N5O2/c1-3-23(32)28-24-19(2)29-31(22-12-8-5-9-13-22)26(24)30-16-14-21(15-17-30)25(33)27-18-20-10-6-4-7-11-20/h4-13,21H,3,14-18H2,1-2H3,(H,27,33)(H,28,32). The number of aromatic nitrogens is 2. The van der Waals surface area contributed by atoms with E-state index in [0.29, 0.717) is 13.0 Å². The maximum Gasteiger partial charge on any atom is 0.224 e. The van der Waals surface area contributed by atoms with Crippen LogP contribution in [0.2, 0.25) is 0 Å². The van der Waals surface area contributed by atoms with Crippen LogP contribution in [0.3, 0.4) is 0 Å². The molecule has 172 valence electrons. The minimum Gasteiger partial charge on any atom is -0.355 e. The van der Waals surface area contributed by atoms with E-state index in [1.54, 1.807) is 0 Å². The van der Waals surface area contributed by atoms with E-state index in [1.807, 2.05) is 79.2 Å². The van der Waals surface area contributed by atoms with Crippen molar-refractivity contribution < 1.29 is 9.59 Å². The molecule has 1 aliphatic heterocycles. The van der Waals surface area contributed by atoms with E-state index in [0.717, 1.165) is 54.4 Å². The van der Waals surface area contributed by atoms with E-state index >= 15 is 0 Å². The lowest BCUT2D eigenvalue weighted by Crippen LogP contribution is -2.41. The van der Waals surface area contributed by atoms with Crippen LogP contribution in [0.5, 0.6) is 0 Å². The van der Waals surface area contributed by atoms with Crippen LogP contribution in [-0.2, 0) is 16.1 Å². The number of amides is 2. The molecule has 0 saturated carbocycles. The highest BCUT2D eigenvalue weighted by molar-refractivity contribution is 5.94. The zero-order valence-corrected chi connectivity index (χ0v) is 19.3. The molecule has 33 heavy (non-hydrogen) atoms. The summed E-state index contributed by atoms with van der Waals surface area (Å²) in [6.07, 6.45) is 1.90. The monoisotopic (exact) mass is 445 g/mol. The van der Waals surface area contributed by atoms with Gasteiger partial charge in [-0.3, -0.25) is 9.59 Å². The van der Waals surface area contributed by atoms with E-state index in [1.165, 1.54) is 0 Å². The molecule has 1 aliphatic rings. The first-order valence-electron chi connectivity index (χ1n) is 11.6. The maximum absolute atomic E-state index is 12.8. The van der Waals surface area contributed by atoms with Gasteiger partial charge in [-0.15, -0.1) is 0 Å². The van der Waals surface area contributed by atoms with Crippen molar-refractivity contribution in [3.8, 4) is 5.69 Å². The zero-order valence-electron chi connectivity index (χ0n) is 19.3. The molecule has 4 rings (SSSR count). The summed E-state index contributed by atoms with van der Waals surface area (Å²) in [4.78, 5) is 27.2. The summed E-state index contributed by atoms with van der Waals surface area (Å²) < 4.78 is 1.90. The lowest BCUT2D eigenvalue weighted by molar-refractivity contribution is -0.125. The number of aryl methyl sites for hydroxylation is 1. The smallest absolute Gasteiger partial charge is 0.224 e. The average Bonchev–Trinajstić information content (AvgIpc) is 3.19. The van der Waals surface area contributed by atoms with Crippen LogP contribution in [0.1, 0.15) is 37.4 Å². The molecule has 0 aliphatic carbocycles. The topological polar surface area (TPSA) is 79.3 Å². The summed E-state index contributed by atoms with van der Waals surface area (Å²) in [5.41, 5.74) is 3.56. The van der Waals surface area contributed by atoms with Gasteiger partial charge in [0.2, 0.25) is 11.8 Å². The Balaban J connectivity index is 1.49. The summed E-state index contributed by atoms with van der Waals surface area (Å²) in [6.45, 7) is 5.74. The number of carbonyl (C=O) groups is 2. The van der Waals surface area contributed by atoms with Gasteiger partial charge in [-0.2, -0.15) is 5.10 Å². The molecule has 2 heterocycles. The Hall–Kier alpha value is -3.61. The molecule has 7 heteroatoms. The zero-order chi connectivity index (χ0) is 23.2. The quantitative estimate of drug-likeness (QED) is 0.575. The summed E-state index contributed by atoms with van der Waals surface area (Å²) >= 11 is 0. The van der Waals surface area contributed by atoms with Crippen molar-refractivity contribution in [3.63, 3.8) is 0 Å². The van der Waals surface area contributed by atoms with Crippen molar-refractivity contribution >= 4 is 23.3 Å². The number of rotatable bonds is 7. The highest BCUT2D eigenvalue weighted by Crippen LogP contribution is 2.35. The molecule has 0 atom stereocenters. The number of benzene rings is 2. The molecular weight excluding hydrogens is 414 g/mol. The lowest BCUT2D eigenvalue weighted by Gasteiger charge is -2.33. The average molecular weight is 446 g/mol. The number of hydrogen-bond acceptors (Lipinski definition) is 4. The van der Waals surface area contributed by atoms with Gasteiger partial charge in [0.1, 0.15) is 5.69 Å². The molecule has 0 radical (unpaired) electrons. The normalized spacial score (nSPS) is 14.2. The molecule has 2 amide bonds. The third kappa shape index (κ3) is 5.25. The van der Waals surface area contributed by atoms with Crippen LogP contribution in [0, 0.1) is 12.8 Å². The van der Waals surface area contributed by atoms with Gasteiger partial charge >= 0.3 is 0 Å². The summed E-state index contributed by atoms with van der Waals surface area (Å²) in [7, 11) is 0. The first kappa shape index (κ1) is 22.6. The van der Waals surface area contributed by atoms with Crippen molar-refractivity contribution in [2.24, 2.45) is 5.92 Å². The van der Waals surface area contributed by atoms with Crippen molar-refractivity contribution in [1.29, 1.82) is 0 Å². The molecule has 2 N–H and O–H groups in total. The van der Waals surface area contributed by atoms with Crippen LogP contribution in [-0.4, -0.2) is 34.7 Å². The molecule has 1 fully saturated rings. The second-order valence-corrected chi connectivity index (χ2v) is 8.40. The van der Waals surface area contributed by atoms with E-state index < -0.39 is 0 Å². The Labute approximate surface area is 194 Å². The highest BCUT2D eigenvalue weighted by Gasteiger charge is 2.29. The number of piperidine rings is 1. The van der Waals surface area contributed by atoms with E-state index in [2.05, 4.69) is 15.5 Å². The van der Waals surface area contributed by atoms with Crippen LogP contribution < -0.4 is 15.5 Å². The van der Waals surface area contributed by atoms with Crippen molar-refractivity contribution in [2.75, 3.05) is 23.3 Å². The molecular formula is C26H31N5O2. The Morgan fingerprint density at radius 1 is 1.00 bits per heavy atom. The first-order valence-corrected chi connectivity index (χ1v) is 11.6. The van der Waals surface area contributed by atoms with Gasteiger partial charge < -0.3 is 15.5 Å². The van der Waals surface area contributed by atoms with Gasteiger partial charge in [0.25, 0.3) is 0 Å². The summed E-state index contributed by atoms with van der Waals surface area (Å²) in [5.74, 6) is 0.921. The van der Waals surface area contributed by atoms with Gasteiger partial charge in [-0.05, 0) is 37.5 Å². The van der Waals surface area contributed by atoms with Crippen LogP contribution in [0.15, 0.2) is 60.7 Å². The molecule has 0 bridgehead atoms. The summed E-state index contributed by atoms with van der Waals surface area (Å²) in [6, 6.07) is 19.9. The van der Waals surface area contributed by atoms with E-state index in [9.17, 15) is 9.59 Å². The predicted molar refractivity (Wildman–Crippen MR) is 130 cm³/mol. The largest absolute Gasteiger partial charge is 0.355 e. The molecule has 0 spiro atoms. The van der Waals surface area contributed by atoms with Crippen molar-refractivity contribution in [2.45, 2.75) is 39.7 Å².